The molecule has 2 heteroatoms. The summed E-state index contributed by atoms with van der Waals surface area (Å²) in [4.78, 5) is 5.31. The van der Waals surface area contributed by atoms with E-state index in [1.165, 1.54) is 33.4 Å². The average molecular weight is 487 g/mol. The number of rotatable bonds is 4. The van der Waals surface area contributed by atoms with E-state index in [2.05, 4.69) is 145 Å². The van der Waals surface area contributed by atoms with Crippen LogP contribution in [0.4, 0.5) is 5.69 Å². The van der Waals surface area contributed by atoms with Gasteiger partial charge in [-0.25, -0.2) is 4.98 Å². The first-order chi connectivity index (χ1) is 18.8. The third-order valence-electron chi connectivity index (χ3n) is 7.30. The van der Waals surface area contributed by atoms with E-state index in [0.717, 1.165) is 27.8 Å². The van der Waals surface area contributed by atoms with Gasteiger partial charge in [0.05, 0.1) is 22.9 Å². The standard InChI is InChI=1S/C36H26N2/c1-5-13-25(14-6-1)31-23-33(27-17-9-3-10-18-27)37-35-29(31)21-22-30-32(26-15-7-2-8-16-26)24-34(38-36(30)35)28-19-11-4-12-20-28/h1-24,33,37H. The first-order valence-corrected chi connectivity index (χ1v) is 13.0. The number of anilines is 1. The Morgan fingerprint density at radius 2 is 1.11 bits per heavy atom. The van der Waals surface area contributed by atoms with Crippen molar-refractivity contribution in [3.05, 3.63) is 162 Å². The third-order valence-corrected chi connectivity index (χ3v) is 7.30. The fourth-order valence-electron chi connectivity index (χ4n) is 5.44. The molecule has 1 atom stereocenters. The van der Waals surface area contributed by atoms with Crippen LogP contribution in [0.3, 0.4) is 0 Å². The molecule has 1 unspecified atom stereocenters. The van der Waals surface area contributed by atoms with Gasteiger partial charge in [0, 0.05) is 16.5 Å². The van der Waals surface area contributed by atoms with Crippen LogP contribution in [0, 0.1) is 0 Å². The monoisotopic (exact) mass is 486 g/mol. The number of pyridine rings is 1. The molecular weight excluding hydrogens is 460 g/mol. The smallest absolute Gasteiger partial charge is 0.0953 e. The Morgan fingerprint density at radius 3 is 1.76 bits per heavy atom. The Hall–Kier alpha value is -4.95. The van der Waals surface area contributed by atoms with Crippen molar-refractivity contribution in [3.63, 3.8) is 0 Å². The van der Waals surface area contributed by atoms with Crippen molar-refractivity contribution in [2.24, 2.45) is 0 Å². The minimum atomic E-state index is 0.0341. The molecule has 1 aromatic heterocycles. The largest absolute Gasteiger partial charge is 0.372 e. The molecule has 2 nitrogen and oxygen atoms in total. The number of nitrogens with zero attached hydrogens (tertiary/aromatic N) is 1. The van der Waals surface area contributed by atoms with Gasteiger partial charge in [0.25, 0.3) is 0 Å². The second kappa shape index (κ2) is 9.49. The minimum absolute atomic E-state index is 0.0341. The summed E-state index contributed by atoms with van der Waals surface area (Å²) in [5, 5.41) is 5.02. The van der Waals surface area contributed by atoms with E-state index in [-0.39, 0.29) is 6.04 Å². The molecular formula is C36H26N2. The molecule has 1 N–H and O–H groups in total. The summed E-state index contributed by atoms with van der Waals surface area (Å²) in [6, 6.07) is 49.1. The van der Waals surface area contributed by atoms with E-state index in [9.17, 15) is 0 Å². The van der Waals surface area contributed by atoms with Gasteiger partial charge >= 0.3 is 0 Å². The Kier molecular flexibility index (Phi) is 5.56. The second-order valence-corrected chi connectivity index (χ2v) is 9.65. The summed E-state index contributed by atoms with van der Waals surface area (Å²) in [6.45, 7) is 0. The lowest BCUT2D eigenvalue weighted by Gasteiger charge is -2.28. The molecule has 0 fully saturated rings. The number of nitrogens with one attached hydrogen (secondary N) is 1. The number of hydrogen-bond acceptors (Lipinski definition) is 2. The lowest BCUT2D eigenvalue weighted by molar-refractivity contribution is 0.975. The highest BCUT2D eigenvalue weighted by Gasteiger charge is 2.25. The summed E-state index contributed by atoms with van der Waals surface area (Å²) in [7, 11) is 0. The van der Waals surface area contributed by atoms with E-state index in [1.807, 2.05) is 6.07 Å². The first kappa shape index (κ1) is 22.3. The molecule has 0 aliphatic carbocycles. The van der Waals surface area contributed by atoms with Crippen molar-refractivity contribution in [2.75, 3.05) is 5.32 Å². The fourth-order valence-corrected chi connectivity index (χ4v) is 5.44. The molecule has 1 aliphatic rings. The lowest BCUT2D eigenvalue weighted by Crippen LogP contribution is -2.16. The highest BCUT2D eigenvalue weighted by Crippen LogP contribution is 2.44. The summed E-state index contributed by atoms with van der Waals surface area (Å²) in [6.07, 6.45) is 2.35. The van der Waals surface area contributed by atoms with Crippen LogP contribution in [0.5, 0.6) is 0 Å². The van der Waals surface area contributed by atoms with Crippen LogP contribution in [0.2, 0.25) is 0 Å². The van der Waals surface area contributed by atoms with Gasteiger partial charge in [-0.15, -0.1) is 0 Å². The molecule has 0 amide bonds. The number of benzene rings is 5. The maximum atomic E-state index is 5.31. The molecule has 0 radical (unpaired) electrons. The van der Waals surface area contributed by atoms with Crippen LogP contribution in [0.15, 0.2) is 146 Å². The van der Waals surface area contributed by atoms with Crippen molar-refractivity contribution < 1.29 is 0 Å². The normalized spacial score (nSPS) is 14.4. The number of aromatic nitrogens is 1. The Bertz CT molecular complexity index is 1760. The summed E-state index contributed by atoms with van der Waals surface area (Å²) in [5.41, 5.74) is 11.4. The van der Waals surface area contributed by atoms with Crippen LogP contribution in [0.1, 0.15) is 22.7 Å². The van der Waals surface area contributed by atoms with Gasteiger partial charge in [0.2, 0.25) is 0 Å². The van der Waals surface area contributed by atoms with E-state index >= 15 is 0 Å². The number of hydrogen-bond donors (Lipinski definition) is 1. The Morgan fingerprint density at radius 1 is 0.526 bits per heavy atom. The summed E-state index contributed by atoms with van der Waals surface area (Å²) >= 11 is 0. The van der Waals surface area contributed by atoms with Crippen LogP contribution < -0.4 is 5.32 Å². The van der Waals surface area contributed by atoms with Crippen LogP contribution in [0.25, 0.3) is 38.9 Å². The quantitative estimate of drug-likeness (QED) is 0.269. The predicted octanol–water partition coefficient (Wildman–Crippen LogP) is 9.17. The molecule has 0 saturated heterocycles. The van der Waals surface area contributed by atoms with Crippen LogP contribution in [-0.4, -0.2) is 4.98 Å². The molecule has 5 aromatic carbocycles. The van der Waals surface area contributed by atoms with E-state index in [1.54, 1.807) is 0 Å². The molecule has 2 heterocycles. The minimum Gasteiger partial charge on any atom is -0.372 e. The molecule has 0 saturated carbocycles. The summed E-state index contributed by atoms with van der Waals surface area (Å²) < 4.78 is 0. The van der Waals surface area contributed by atoms with Gasteiger partial charge in [0.1, 0.15) is 0 Å². The molecule has 6 aromatic rings. The van der Waals surface area contributed by atoms with Crippen LogP contribution in [-0.2, 0) is 0 Å². The highest BCUT2D eigenvalue weighted by atomic mass is 14.9. The van der Waals surface area contributed by atoms with E-state index in [4.69, 9.17) is 4.98 Å². The highest BCUT2D eigenvalue weighted by molar-refractivity contribution is 6.07. The average Bonchev–Trinajstić information content (AvgIpc) is 3.01. The Balaban J connectivity index is 1.52. The third kappa shape index (κ3) is 3.97. The molecule has 1 aliphatic heterocycles. The van der Waals surface area contributed by atoms with Gasteiger partial charge < -0.3 is 5.32 Å². The molecule has 180 valence electrons. The van der Waals surface area contributed by atoms with Gasteiger partial charge in [-0.1, -0.05) is 133 Å². The zero-order valence-corrected chi connectivity index (χ0v) is 20.9. The van der Waals surface area contributed by atoms with Crippen molar-refractivity contribution in [2.45, 2.75) is 6.04 Å². The predicted molar refractivity (Wildman–Crippen MR) is 159 cm³/mol. The first-order valence-electron chi connectivity index (χ1n) is 13.0. The zero-order chi connectivity index (χ0) is 25.3. The number of fused-ring (bicyclic) bond motifs is 3. The maximum Gasteiger partial charge on any atom is 0.0953 e. The SMILES string of the molecule is C1=C(c2ccccc2)c2ccc3c(-c4ccccc4)cc(-c4ccccc4)nc3c2NC1c1ccccc1. The second-order valence-electron chi connectivity index (χ2n) is 9.65. The molecule has 7 rings (SSSR count). The van der Waals surface area contributed by atoms with E-state index < -0.39 is 0 Å². The maximum absolute atomic E-state index is 5.31. The zero-order valence-electron chi connectivity index (χ0n) is 20.9. The fraction of sp³-hybridized carbons (Fsp3) is 0.0278. The topological polar surface area (TPSA) is 24.9 Å². The van der Waals surface area contributed by atoms with Gasteiger partial charge in [-0.2, -0.15) is 0 Å². The molecule has 0 bridgehead atoms. The van der Waals surface area contributed by atoms with Crippen molar-refractivity contribution in [1.82, 2.24) is 4.98 Å². The van der Waals surface area contributed by atoms with Crippen LogP contribution >= 0.6 is 0 Å². The van der Waals surface area contributed by atoms with Crippen molar-refractivity contribution in [3.8, 4) is 22.4 Å². The Labute approximate surface area is 223 Å². The summed E-state index contributed by atoms with van der Waals surface area (Å²) in [5.74, 6) is 0. The van der Waals surface area contributed by atoms with Crippen molar-refractivity contribution >= 4 is 22.2 Å². The van der Waals surface area contributed by atoms with E-state index in [0.29, 0.717) is 0 Å². The van der Waals surface area contributed by atoms with Gasteiger partial charge in [-0.05, 0) is 40.0 Å². The lowest BCUT2D eigenvalue weighted by atomic mass is 9.87. The van der Waals surface area contributed by atoms with Gasteiger partial charge in [-0.3, -0.25) is 0 Å². The molecule has 0 spiro atoms. The van der Waals surface area contributed by atoms with Crippen molar-refractivity contribution in [1.29, 1.82) is 0 Å². The van der Waals surface area contributed by atoms with Gasteiger partial charge in [0.15, 0.2) is 0 Å². The molecule has 38 heavy (non-hydrogen) atoms.